The third-order valence-electron chi connectivity index (χ3n) is 2.72. The van der Waals surface area contributed by atoms with Crippen LogP contribution in [-0.2, 0) is 9.59 Å². The number of rotatable bonds is 5. The van der Waals surface area contributed by atoms with Gasteiger partial charge in [0.25, 0.3) is 0 Å². The highest BCUT2D eigenvalue weighted by atomic mass is 16.2. The van der Waals surface area contributed by atoms with Gasteiger partial charge in [0.1, 0.15) is 6.04 Å². The highest BCUT2D eigenvalue weighted by Gasteiger charge is 2.30. The van der Waals surface area contributed by atoms with Crippen LogP contribution in [0.5, 0.6) is 0 Å². The molecule has 1 N–H and O–H groups in total. The molecule has 4 heteroatoms. The number of unbranched alkanes of at least 4 members (excludes halogenated alkanes) is 2. The molecule has 0 spiro atoms. The van der Waals surface area contributed by atoms with Gasteiger partial charge < -0.3 is 10.2 Å². The fraction of sp³-hybridized carbons (Fsp3) is 0.818. The second-order valence-corrected chi connectivity index (χ2v) is 4.00. The predicted octanol–water partition coefficient (Wildman–Crippen LogP) is 0.914. The Bertz CT molecular complexity index is 241. The summed E-state index contributed by atoms with van der Waals surface area (Å²) in [5, 5.41) is 2.71. The number of hydrogen-bond acceptors (Lipinski definition) is 2. The van der Waals surface area contributed by atoms with Crippen LogP contribution in [0.4, 0.5) is 0 Å². The Balaban J connectivity index is 2.47. The third-order valence-corrected chi connectivity index (χ3v) is 2.72. The maximum Gasteiger partial charge on any atom is 0.245 e. The molecular weight excluding hydrogens is 192 g/mol. The summed E-state index contributed by atoms with van der Waals surface area (Å²) in [4.78, 5) is 24.8. The fourth-order valence-corrected chi connectivity index (χ4v) is 1.79. The van der Waals surface area contributed by atoms with Gasteiger partial charge >= 0.3 is 0 Å². The summed E-state index contributed by atoms with van der Waals surface area (Å²) in [6.45, 7) is 4.99. The molecule has 0 saturated carbocycles. The van der Waals surface area contributed by atoms with E-state index in [1.54, 1.807) is 4.90 Å². The highest BCUT2D eigenvalue weighted by Crippen LogP contribution is 2.07. The van der Waals surface area contributed by atoms with Crippen molar-refractivity contribution in [1.82, 2.24) is 10.2 Å². The van der Waals surface area contributed by atoms with E-state index in [0.29, 0.717) is 6.42 Å². The molecular formula is C11H20N2O2. The lowest BCUT2D eigenvalue weighted by Gasteiger charge is -2.32. The first-order chi connectivity index (χ1) is 7.19. The molecule has 4 nitrogen and oxygen atoms in total. The Hall–Kier alpha value is -1.06. The topological polar surface area (TPSA) is 49.4 Å². The lowest BCUT2D eigenvalue weighted by molar-refractivity contribution is -0.144. The molecule has 0 aromatic rings. The second kappa shape index (κ2) is 5.73. The van der Waals surface area contributed by atoms with E-state index in [4.69, 9.17) is 0 Å². The molecule has 0 bridgehead atoms. The van der Waals surface area contributed by atoms with Crippen molar-refractivity contribution < 1.29 is 9.59 Å². The van der Waals surface area contributed by atoms with E-state index >= 15 is 0 Å². The fourth-order valence-electron chi connectivity index (χ4n) is 1.79. The number of carbonyl (C=O) groups excluding carboxylic acids is 2. The van der Waals surface area contributed by atoms with E-state index in [1.807, 2.05) is 6.92 Å². The van der Waals surface area contributed by atoms with Crippen molar-refractivity contribution >= 4 is 11.8 Å². The van der Waals surface area contributed by atoms with E-state index in [-0.39, 0.29) is 24.4 Å². The van der Waals surface area contributed by atoms with Gasteiger partial charge in [0.15, 0.2) is 0 Å². The maximum absolute atomic E-state index is 11.8. The van der Waals surface area contributed by atoms with Crippen LogP contribution in [0.25, 0.3) is 0 Å². The molecule has 86 valence electrons. The summed E-state index contributed by atoms with van der Waals surface area (Å²) in [5.41, 5.74) is 0. The monoisotopic (exact) mass is 212 g/mol. The maximum atomic E-state index is 11.8. The van der Waals surface area contributed by atoms with Gasteiger partial charge in [-0.1, -0.05) is 26.7 Å². The van der Waals surface area contributed by atoms with Gasteiger partial charge in [0.05, 0.1) is 6.54 Å². The van der Waals surface area contributed by atoms with Crippen LogP contribution in [0.1, 0.15) is 39.5 Å². The van der Waals surface area contributed by atoms with Gasteiger partial charge in [0.2, 0.25) is 11.8 Å². The molecule has 1 heterocycles. The SMILES string of the molecule is CCCCCN1CC(=O)NC(CC)C1=O. The number of piperazine rings is 1. The first-order valence-corrected chi connectivity index (χ1v) is 5.77. The molecule has 1 fully saturated rings. The zero-order valence-electron chi connectivity index (χ0n) is 9.58. The van der Waals surface area contributed by atoms with Crippen molar-refractivity contribution in [2.45, 2.75) is 45.6 Å². The normalized spacial score (nSPS) is 21.7. The van der Waals surface area contributed by atoms with Gasteiger partial charge in [-0.05, 0) is 12.8 Å². The van der Waals surface area contributed by atoms with Crippen molar-refractivity contribution in [3.05, 3.63) is 0 Å². The van der Waals surface area contributed by atoms with Crippen molar-refractivity contribution in [2.75, 3.05) is 13.1 Å². The van der Waals surface area contributed by atoms with Gasteiger partial charge in [0, 0.05) is 6.54 Å². The molecule has 1 atom stereocenters. The van der Waals surface area contributed by atoms with Gasteiger partial charge in [-0.3, -0.25) is 9.59 Å². The van der Waals surface area contributed by atoms with Crippen LogP contribution in [0, 0.1) is 0 Å². The van der Waals surface area contributed by atoms with Crippen molar-refractivity contribution in [2.24, 2.45) is 0 Å². The molecule has 1 aliphatic heterocycles. The number of nitrogens with zero attached hydrogens (tertiary/aromatic N) is 1. The Morgan fingerprint density at radius 2 is 2.07 bits per heavy atom. The summed E-state index contributed by atoms with van der Waals surface area (Å²) in [5.74, 6) is 0.0474. The molecule has 1 aliphatic rings. The Labute approximate surface area is 91.0 Å². The van der Waals surface area contributed by atoms with E-state index in [2.05, 4.69) is 12.2 Å². The summed E-state index contributed by atoms with van der Waals surface area (Å²) in [7, 11) is 0. The number of carbonyl (C=O) groups is 2. The van der Waals surface area contributed by atoms with Crippen LogP contribution in [0.15, 0.2) is 0 Å². The zero-order valence-corrected chi connectivity index (χ0v) is 9.58. The standard InChI is InChI=1S/C11H20N2O2/c1-3-5-6-7-13-8-10(14)12-9(4-2)11(13)15/h9H,3-8H2,1-2H3,(H,12,14). The Kier molecular flexibility index (Phi) is 4.59. The van der Waals surface area contributed by atoms with Gasteiger partial charge in [-0.2, -0.15) is 0 Å². The molecule has 1 saturated heterocycles. The van der Waals surface area contributed by atoms with Crippen LogP contribution in [0.3, 0.4) is 0 Å². The first-order valence-electron chi connectivity index (χ1n) is 5.77. The second-order valence-electron chi connectivity index (χ2n) is 4.00. The average molecular weight is 212 g/mol. The summed E-state index contributed by atoms with van der Waals surface area (Å²) in [6, 6.07) is -0.298. The zero-order chi connectivity index (χ0) is 11.3. The minimum atomic E-state index is -0.298. The molecule has 1 unspecified atom stereocenters. The molecule has 2 amide bonds. The van der Waals surface area contributed by atoms with E-state index < -0.39 is 0 Å². The third kappa shape index (κ3) is 3.22. The van der Waals surface area contributed by atoms with Crippen LogP contribution in [-0.4, -0.2) is 35.8 Å². The van der Waals surface area contributed by atoms with Crippen molar-refractivity contribution in [3.8, 4) is 0 Å². The average Bonchev–Trinajstić information content (AvgIpc) is 2.23. The molecule has 0 aliphatic carbocycles. The molecule has 0 radical (unpaired) electrons. The Morgan fingerprint density at radius 1 is 1.33 bits per heavy atom. The lowest BCUT2D eigenvalue weighted by atomic mass is 10.1. The van der Waals surface area contributed by atoms with Gasteiger partial charge in [-0.25, -0.2) is 0 Å². The van der Waals surface area contributed by atoms with Crippen molar-refractivity contribution in [3.63, 3.8) is 0 Å². The molecule has 0 aromatic carbocycles. The predicted molar refractivity (Wildman–Crippen MR) is 58.3 cm³/mol. The lowest BCUT2D eigenvalue weighted by Crippen LogP contribution is -2.57. The van der Waals surface area contributed by atoms with Crippen molar-refractivity contribution in [1.29, 1.82) is 0 Å². The van der Waals surface area contributed by atoms with Crippen LogP contribution < -0.4 is 5.32 Å². The van der Waals surface area contributed by atoms with E-state index in [1.165, 1.54) is 0 Å². The summed E-state index contributed by atoms with van der Waals surface area (Å²) in [6.07, 6.45) is 3.91. The molecule has 15 heavy (non-hydrogen) atoms. The number of amides is 2. The minimum absolute atomic E-state index is 0.0297. The number of hydrogen-bond donors (Lipinski definition) is 1. The van der Waals surface area contributed by atoms with Crippen LogP contribution >= 0.6 is 0 Å². The first kappa shape index (κ1) is 12.0. The van der Waals surface area contributed by atoms with Gasteiger partial charge in [-0.15, -0.1) is 0 Å². The van der Waals surface area contributed by atoms with Crippen LogP contribution in [0.2, 0.25) is 0 Å². The molecule has 0 aromatic heterocycles. The largest absolute Gasteiger partial charge is 0.343 e. The Morgan fingerprint density at radius 3 is 2.67 bits per heavy atom. The minimum Gasteiger partial charge on any atom is -0.343 e. The quantitative estimate of drug-likeness (QED) is 0.689. The summed E-state index contributed by atoms with van der Waals surface area (Å²) >= 11 is 0. The molecule has 1 rings (SSSR count). The van der Waals surface area contributed by atoms with E-state index in [0.717, 1.165) is 25.8 Å². The van der Waals surface area contributed by atoms with E-state index in [9.17, 15) is 9.59 Å². The number of nitrogens with one attached hydrogen (secondary N) is 1. The highest BCUT2D eigenvalue weighted by molar-refractivity contribution is 5.94. The summed E-state index contributed by atoms with van der Waals surface area (Å²) < 4.78 is 0. The smallest absolute Gasteiger partial charge is 0.245 e.